The first-order valence-corrected chi connectivity index (χ1v) is 13.2. The molecule has 0 fully saturated rings. The molecule has 1 aromatic carbocycles. The van der Waals surface area contributed by atoms with Crippen molar-refractivity contribution in [3.63, 3.8) is 0 Å². The molecule has 1 atom stereocenters. The van der Waals surface area contributed by atoms with E-state index in [1.54, 1.807) is 0 Å². The zero-order valence-electron chi connectivity index (χ0n) is 18.9. The molecule has 0 unspecified atom stereocenters. The van der Waals surface area contributed by atoms with Crippen LogP contribution in [0.25, 0.3) is 0 Å². The molecule has 0 aliphatic rings. The average molecular weight is 395 g/mol. The van der Waals surface area contributed by atoms with E-state index in [9.17, 15) is 0 Å². The van der Waals surface area contributed by atoms with Crippen LogP contribution < -0.4 is 0 Å². The topological polar surface area (TPSA) is 27.7 Å². The second-order valence-corrected chi connectivity index (χ2v) is 14.7. The lowest BCUT2D eigenvalue weighted by Crippen LogP contribution is -2.47. The van der Waals surface area contributed by atoms with Gasteiger partial charge in [-0.25, -0.2) is 0 Å². The molecule has 0 radical (unpaired) electrons. The highest BCUT2D eigenvalue weighted by Gasteiger charge is 2.41. The first-order valence-electron chi connectivity index (χ1n) is 10.3. The first-order chi connectivity index (χ1) is 12.4. The Balaban J connectivity index is 2.17. The molecule has 0 bridgehead atoms. The maximum absolute atomic E-state index is 6.61. The lowest BCUT2D eigenvalue weighted by molar-refractivity contribution is -0.0711. The Labute approximate surface area is 168 Å². The van der Waals surface area contributed by atoms with Crippen molar-refractivity contribution in [2.45, 2.75) is 91.1 Å². The fraction of sp³-hybridized carbons (Fsp3) is 0.739. The van der Waals surface area contributed by atoms with Gasteiger partial charge in [0.05, 0.1) is 18.8 Å². The van der Waals surface area contributed by atoms with Crippen LogP contribution in [0, 0.1) is 5.92 Å². The van der Waals surface area contributed by atoms with Gasteiger partial charge in [-0.1, -0.05) is 64.4 Å². The first kappa shape index (κ1) is 24.4. The molecule has 0 amide bonds. The van der Waals surface area contributed by atoms with Crippen molar-refractivity contribution in [1.29, 1.82) is 0 Å². The van der Waals surface area contributed by atoms with Crippen molar-refractivity contribution in [2.75, 3.05) is 13.4 Å². The van der Waals surface area contributed by atoms with Crippen LogP contribution in [0.1, 0.15) is 66.4 Å². The summed E-state index contributed by atoms with van der Waals surface area (Å²) >= 11 is 0. The Morgan fingerprint density at radius 3 is 2.19 bits per heavy atom. The van der Waals surface area contributed by atoms with E-state index in [4.69, 9.17) is 13.9 Å². The lowest BCUT2D eigenvalue weighted by Gasteiger charge is -2.43. The van der Waals surface area contributed by atoms with Crippen LogP contribution in [0.4, 0.5) is 0 Å². The predicted octanol–water partition coefficient (Wildman–Crippen LogP) is 6.78. The normalized spacial score (nSPS) is 14.4. The van der Waals surface area contributed by atoms with Gasteiger partial charge in [0, 0.05) is 0 Å². The molecule has 0 saturated heterocycles. The summed E-state index contributed by atoms with van der Waals surface area (Å²) in [6.45, 7) is 20.0. The highest BCUT2D eigenvalue weighted by molar-refractivity contribution is 6.74. The van der Waals surface area contributed by atoms with E-state index >= 15 is 0 Å². The van der Waals surface area contributed by atoms with Crippen LogP contribution in [0.3, 0.4) is 0 Å². The van der Waals surface area contributed by atoms with Crippen molar-refractivity contribution >= 4 is 8.32 Å². The summed E-state index contributed by atoms with van der Waals surface area (Å²) in [6.07, 6.45) is 3.41. The van der Waals surface area contributed by atoms with E-state index in [0.29, 0.717) is 19.3 Å². The van der Waals surface area contributed by atoms with Gasteiger partial charge >= 0.3 is 0 Å². The minimum atomic E-state index is -1.72. The summed E-state index contributed by atoms with van der Waals surface area (Å²) in [5, 5.41) is 0.255. The number of hydrogen-bond donors (Lipinski definition) is 0. The Hall–Kier alpha value is -0.683. The maximum Gasteiger partial charge on any atom is 0.192 e. The number of hydrogen-bond acceptors (Lipinski definition) is 3. The number of rotatable bonds is 12. The molecular formula is C23H42O3Si. The third-order valence-corrected chi connectivity index (χ3v) is 10.2. The minimum absolute atomic E-state index is 0.0532. The van der Waals surface area contributed by atoms with Crippen LogP contribution in [-0.4, -0.2) is 27.3 Å². The van der Waals surface area contributed by atoms with E-state index in [0.717, 1.165) is 25.9 Å². The molecule has 0 heterocycles. The monoisotopic (exact) mass is 394 g/mol. The van der Waals surface area contributed by atoms with E-state index in [-0.39, 0.29) is 10.6 Å². The summed E-state index contributed by atoms with van der Waals surface area (Å²) in [6, 6.07) is 10.2. The molecule has 0 aliphatic heterocycles. The van der Waals surface area contributed by atoms with Gasteiger partial charge in [-0.05, 0) is 56.3 Å². The van der Waals surface area contributed by atoms with Gasteiger partial charge in [0.15, 0.2) is 8.32 Å². The summed E-state index contributed by atoms with van der Waals surface area (Å²) in [7, 11) is -1.72. The SMILES string of the molecule is C[C@@H](CCCC(C)(C)O[Si](C)(C)C(C)(C)C)COCOCc1ccccc1. The molecule has 4 heteroatoms. The van der Waals surface area contributed by atoms with E-state index in [1.165, 1.54) is 5.56 Å². The molecule has 1 aromatic rings. The Kier molecular flexibility index (Phi) is 9.70. The molecular weight excluding hydrogens is 352 g/mol. The summed E-state index contributed by atoms with van der Waals surface area (Å²) in [4.78, 5) is 0. The average Bonchev–Trinajstić information content (AvgIpc) is 2.53. The van der Waals surface area contributed by atoms with Crippen molar-refractivity contribution in [2.24, 2.45) is 5.92 Å². The molecule has 1 rings (SSSR count). The fourth-order valence-electron chi connectivity index (χ4n) is 2.90. The third-order valence-electron chi connectivity index (χ3n) is 5.49. The zero-order valence-corrected chi connectivity index (χ0v) is 19.9. The van der Waals surface area contributed by atoms with E-state index in [2.05, 4.69) is 66.8 Å². The Morgan fingerprint density at radius 1 is 0.963 bits per heavy atom. The summed E-state index contributed by atoms with van der Waals surface area (Å²) < 4.78 is 17.9. The van der Waals surface area contributed by atoms with Gasteiger partial charge in [-0.3, -0.25) is 0 Å². The van der Waals surface area contributed by atoms with Crippen molar-refractivity contribution < 1.29 is 13.9 Å². The van der Waals surface area contributed by atoms with Crippen LogP contribution in [-0.2, 0) is 20.5 Å². The molecule has 0 aliphatic carbocycles. The fourth-order valence-corrected chi connectivity index (χ4v) is 4.69. The molecule has 0 aromatic heterocycles. The lowest BCUT2D eigenvalue weighted by atomic mass is 9.97. The van der Waals surface area contributed by atoms with E-state index in [1.807, 2.05) is 18.2 Å². The second-order valence-electron chi connectivity index (χ2n) is 9.94. The minimum Gasteiger partial charge on any atom is -0.412 e. The maximum atomic E-state index is 6.61. The van der Waals surface area contributed by atoms with Gasteiger partial charge in [0.25, 0.3) is 0 Å². The summed E-state index contributed by atoms with van der Waals surface area (Å²) in [5.74, 6) is 0.536. The Bertz CT molecular complexity index is 520. The largest absolute Gasteiger partial charge is 0.412 e. The van der Waals surface area contributed by atoms with Gasteiger partial charge in [0.2, 0.25) is 0 Å². The molecule has 0 spiro atoms. The highest BCUT2D eigenvalue weighted by atomic mass is 28.4. The van der Waals surface area contributed by atoms with E-state index < -0.39 is 8.32 Å². The highest BCUT2D eigenvalue weighted by Crippen LogP contribution is 2.40. The number of ether oxygens (including phenoxy) is 2. The van der Waals surface area contributed by atoms with Gasteiger partial charge in [-0.15, -0.1) is 0 Å². The Morgan fingerprint density at radius 2 is 1.59 bits per heavy atom. The zero-order chi connectivity index (χ0) is 20.6. The number of benzene rings is 1. The standard InChI is InChI=1S/C23H42O3Si/c1-20(17-24-19-25-18-21-14-10-9-11-15-21)13-12-16-23(5,6)26-27(7,8)22(2,3)4/h9-11,14-15,20H,12-13,16-19H2,1-8H3/t20-/m0/s1. The smallest absolute Gasteiger partial charge is 0.192 e. The van der Waals surface area contributed by atoms with Crippen LogP contribution in [0.5, 0.6) is 0 Å². The van der Waals surface area contributed by atoms with Gasteiger partial charge < -0.3 is 13.9 Å². The molecule has 0 N–H and O–H groups in total. The summed E-state index contributed by atoms with van der Waals surface area (Å²) in [5.41, 5.74) is 1.13. The van der Waals surface area contributed by atoms with Crippen molar-refractivity contribution in [3.8, 4) is 0 Å². The third kappa shape index (κ3) is 9.88. The van der Waals surface area contributed by atoms with Crippen molar-refractivity contribution in [1.82, 2.24) is 0 Å². The van der Waals surface area contributed by atoms with Gasteiger partial charge in [-0.2, -0.15) is 0 Å². The molecule has 156 valence electrons. The molecule has 3 nitrogen and oxygen atoms in total. The molecule has 27 heavy (non-hydrogen) atoms. The van der Waals surface area contributed by atoms with Crippen LogP contribution in [0.2, 0.25) is 18.1 Å². The van der Waals surface area contributed by atoms with Crippen LogP contribution in [0.15, 0.2) is 30.3 Å². The quantitative estimate of drug-likeness (QED) is 0.222. The predicted molar refractivity (Wildman–Crippen MR) is 117 cm³/mol. The van der Waals surface area contributed by atoms with Crippen molar-refractivity contribution in [3.05, 3.63) is 35.9 Å². The second kappa shape index (κ2) is 10.8. The molecule has 0 saturated carbocycles. The van der Waals surface area contributed by atoms with Gasteiger partial charge in [0.1, 0.15) is 6.79 Å². The van der Waals surface area contributed by atoms with Crippen LogP contribution >= 0.6 is 0 Å².